The third-order valence-electron chi connectivity index (χ3n) is 5.77. The Hall–Kier alpha value is -3.97. The smallest absolute Gasteiger partial charge is 0.300 e. The maximum Gasteiger partial charge on any atom is 0.300 e. The number of rotatable bonds is 7. The number of methoxy groups -OCH3 is 1. The van der Waals surface area contributed by atoms with Crippen LogP contribution in [0.3, 0.4) is 0 Å². The normalized spacial score (nSPS) is 17.0. The van der Waals surface area contributed by atoms with Crippen molar-refractivity contribution in [3.8, 4) is 17.2 Å². The summed E-state index contributed by atoms with van der Waals surface area (Å²) in [6, 6.07) is 16.8. The molecule has 0 radical (unpaired) electrons. The second kappa shape index (κ2) is 10.3. The van der Waals surface area contributed by atoms with Crippen molar-refractivity contribution in [2.24, 2.45) is 5.92 Å². The van der Waals surface area contributed by atoms with Crippen molar-refractivity contribution in [3.63, 3.8) is 0 Å². The van der Waals surface area contributed by atoms with Crippen molar-refractivity contribution in [2.75, 3.05) is 18.6 Å². The van der Waals surface area contributed by atoms with Gasteiger partial charge in [0.15, 0.2) is 0 Å². The minimum atomic E-state index is -0.993. The summed E-state index contributed by atoms with van der Waals surface area (Å²) in [5, 5.41) is 21.3. The van der Waals surface area contributed by atoms with E-state index in [0.717, 1.165) is 0 Å². The van der Waals surface area contributed by atoms with Gasteiger partial charge < -0.3 is 19.7 Å². The van der Waals surface area contributed by atoms with Gasteiger partial charge in [0.1, 0.15) is 23.0 Å². The number of nitrogens with zero attached hydrogens (tertiary/aromatic N) is 1. The molecule has 1 heterocycles. The monoisotopic (exact) mass is 507 g/mol. The summed E-state index contributed by atoms with van der Waals surface area (Å²) in [5.41, 5.74) is 1.10. The molecule has 36 heavy (non-hydrogen) atoms. The Balaban J connectivity index is 1.85. The molecule has 4 rings (SSSR count). The molecule has 3 aromatic carbocycles. The lowest BCUT2D eigenvalue weighted by Gasteiger charge is -2.26. The van der Waals surface area contributed by atoms with Gasteiger partial charge in [-0.25, -0.2) is 0 Å². The zero-order chi connectivity index (χ0) is 26.0. The number of benzene rings is 3. The lowest BCUT2D eigenvalue weighted by atomic mass is 9.95. The molecule has 1 amide bonds. The largest absolute Gasteiger partial charge is 0.507 e. The van der Waals surface area contributed by atoms with Crippen LogP contribution >= 0.6 is 11.6 Å². The van der Waals surface area contributed by atoms with Gasteiger partial charge in [0.25, 0.3) is 11.7 Å². The fourth-order valence-electron chi connectivity index (χ4n) is 4.00. The van der Waals surface area contributed by atoms with Crippen LogP contribution in [-0.4, -0.2) is 35.6 Å². The first-order valence-electron chi connectivity index (χ1n) is 11.4. The maximum atomic E-state index is 13.3. The lowest BCUT2D eigenvalue weighted by Crippen LogP contribution is -2.29. The van der Waals surface area contributed by atoms with Crippen LogP contribution in [0, 0.1) is 5.92 Å². The quantitative estimate of drug-likeness (QED) is 0.241. The fourth-order valence-corrected chi connectivity index (χ4v) is 4.18. The van der Waals surface area contributed by atoms with Gasteiger partial charge >= 0.3 is 0 Å². The number of aliphatic hydroxyl groups is 1. The Labute approximate surface area is 214 Å². The van der Waals surface area contributed by atoms with Gasteiger partial charge in [0.2, 0.25) is 0 Å². The highest BCUT2D eigenvalue weighted by Crippen LogP contribution is 2.44. The number of ketones is 1. The molecule has 1 aliphatic rings. The van der Waals surface area contributed by atoms with Crippen LogP contribution in [0.15, 0.2) is 72.3 Å². The number of Topliss-reactive ketones (excluding diaryl/α,β-unsaturated/α-hetero) is 1. The summed E-state index contributed by atoms with van der Waals surface area (Å²) in [6.45, 7) is 4.62. The Morgan fingerprint density at radius 1 is 1.03 bits per heavy atom. The van der Waals surface area contributed by atoms with E-state index in [1.165, 1.54) is 24.1 Å². The van der Waals surface area contributed by atoms with Crippen LogP contribution < -0.4 is 14.4 Å². The predicted molar refractivity (Wildman–Crippen MR) is 138 cm³/mol. The summed E-state index contributed by atoms with van der Waals surface area (Å²) < 4.78 is 11.0. The maximum absolute atomic E-state index is 13.3. The van der Waals surface area contributed by atoms with E-state index >= 15 is 0 Å². The van der Waals surface area contributed by atoms with Crippen molar-refractivity contribution < 1.29 is 29.3 Å². The van der Waals surface area contributed by atoms with Crippen molar-refractivity contribution in [1.29, 1.82) is 0 Å². The number of anilines is 1. The second-order valence-corrected chi connectivity index (χ2v) is 9.22. The molecule has 0 aliphatic carbocycles. The Kier molecular flexibility index (Phi) is 7.22. The summed E-state index contributed by atoms with van der Waals surface area (Å²) in [4.78, 5) is 27.9. The predicted octanol–water partition coefficient (Wildman–Crippen LogP) is 5.72. The average Bonchev–Trinajstić information content (AvgIpc) is 3.14. The molecule has 0 saturated carbocycles. The first-order chi connectivity index (χ1) is 17.2. The molecule has 0 bridgehead atoms. The number of carbonyl (C=O) groups is 2. The standard InChI is InChI=1S/C28H26ClNO6/c1-16(2)15-36-20-10-7-17(8-11-20)26(32)24-25(18-9-12-23(31)22(29)13-18)30(28(34)27(24)33)19-5-4-6-21(14-19)35-3/h4-14,16,25,31-32H,15H2,1-3H3/b26-24-. The minimum absolute atomic E-state index is 0.0513. The zero-order valence-corrected chi connectivity index (χ0v) is 20.8. The van der Waals surface area contributed by atoms with E-state index in [1.807, 2.05) is 13.8 Å². The van der Waals surface area contributed by atoms with Crippen molar-refractivity contribution in [2.45, 2.75) is 19.9 Å². The van der Waals surface area contributed by atoms with Gasteiger partial charge in [0.05, 0.1) is 30.4 Å². The van der Waals surface area contributed by atoms with Gasteiger partial charge in [-0.1, -0.05) is 37.6 Å². The number of ether oxygens (including phenoxy) is 2. The average molecular weight is 508 g/mol. The number of aromatic hydroxyl groups is 1. The van der Waals surface area contributed by atoms with Gasteiger partial charge in [-0.15, -0.1) is 0 Å². The molecular formula is C28H26ClNO6. The SMILES string of the molecule is COc1cccc(N2C(=O)C(=O)/C(=C(\O)c3ccc(OCC(C)C)cc3)C2c2ccc(O)c(Cl)c2)c1. The zero-order valence-electron chi connectivity index (χ0n) is 20.1. The number of carbonyl (C=O) groups excluding carboxylic acids is 2. The van der Waals surface area contributed by atoms with Gasteiger partial charge in [-0.3, -0.25) is 14.5 Å². The van der Waals surface area contributed by atoms with E-state index < -0.39 is 17.7 Å². The van der Waals surface area contributed by atoms with Crippen LogP contribution in [0.1, 0.15) is 31.0 Å². The number of phenols is 1. The van der Waals surface area contributed by atoms with Crippen LogP contribution in [-0.2, 0) is 9.59 Å². The van der Waals surface area contributed by atoms with Gasteiger partial charge in [0, 0.05) is 17.3 Å². The van der Waals surface area contributed by atoms with E-state index in [4.69, 9.17) is 21.1 Å². The molecule has 1 atom stereocenters. The van der Waals surface area contributed by atoms with E-state index in [2.05, 4.69) is 0 Å². The van der Waals surface area contributed by atoms with Crippen molar-refractivity contribution >= 4 is 34.7 Å². The van der Waals surface area contributed by atoms with Crippen LogP contribution in [0.25, 0.3) is 5.76 Å². The minimum Gasteiger partial charge on any atom is -0.507 e. The van der Waals surface area contributed by atoms with Gasteiger partial charge in [-0.2, -0.15) is 0 Å². The van der Waals surface area contributed by atoms with E-state index in [1.54, 1.807) is 54.6 Å². The van der Waals surface area contributed by atoms with Crippen molar-refractivity contribution in [3.05, 3.63) is 88.5 Å². The number of halogens is 1. The number of amides is 1. The molecule has 7 nitrogen and oxygen atoms in total. The summed E-state index contributed by atoms with van der Waals surface area (Å²) in [6.07, 6.45) is 0. The van der Waals surface area contributed by atoms with Crippen molar-refractivity contribution in [1.82, 2.24) is 0 Å². The highest BCUT2D eigenvalue weighted by atomic mass is 35.5. The topological polar surface area (TPSA) is 96.3 Å². The molecule has 1 saturated heterocycles. The molecule has 0 spiro atoms. The molecule has 1 aliphatic heterocycles. The lowest BCUT2D eigenvalue weighted by molar-refractivity contribution is -0.132. The molecule has 0 aromatic heterocycles. The highest BCUT2D eigenvalue weighted by molar-refractivity contribution is 6.51. The second-order valence-electron chi connectivity index (χ2n) is 8.81. The number of aliphatic hydroxyl groups excluding tert-OH is 1. The van der Waals surface area contributed by atoms with Gasteiger partial charge in [-0.05, 0) is 60.0 Å². The number of hydrogen-bond acceptors (Lipinski definition) is 6. The molecule has 1 unspecified atom stereocenters. The summed E-state index contributed by atoms with van der Waals surface area (Å²) >= 11 is 6.17. The Morgan fingerprint density at radius 3 is 2.39 bits per heavy atom. The third kappa shape index (κ3) is 4.88. The first kappa shape index (κ1) is 25.1. The number of phenolic OH excluding ortho intramolecular Hbond substituents is 1. The molecule has 3 aromatic rings. The van der Waals surface area contributed by atoms with E-state index in [9.17, 15) is 19.8 Å². The first-order valence-corrected chi connectivity index (χ1v) is 11.8. The molecular weight excluding hydrogens is 482 g/mol. The highest BCUT2D eigenvalue weighted by Gasteiger charge is 2.47. The van der Waals surface area contributed by atoms with Crippen LogP contribution in [0.5, 0.6) is 17.2 Å². The fraction of sp³-hybridized carbons (Fsp3) is 0.214. The van der Waals surface area contributed by atoms with Crippen LogP contribution in [0.2, 0.25) is 5.02 Å². The molecule has 8 heteroatoms. The van der Waals surface area contributed by atoms with E-state index in [-0.39, 0.29) is 22.1 Å². The Morgan fingerprint density at radius 2 is 1.75 bits per heavy atom. The summed E-state index contributed by atoms with van der Waals surface area (Å²) in [7, 11) is 1.50. The molecule has 186 valence electrons. The summed E-state index contributed by atoms with van der Waals surface area (Å²) in [5.74, 6) is -0.657. The Bertz CT molecular complexity index is 1330. The molecule has 1 fully saturated rings. The molecule has 2 N–H and O–H groups in total. The van der Waals surface area contributed by atoms with E-state index in [0.29, 0.717) is 40.8 Å². The van der Waals surface area contributed by atoms with Crippen LogP contribution in [0.4, 0.5) is 5.69 Å². The third-order valence-corrected chi connectivity index (χ3v) is 6.08. The number of hydrogen-bond donors (Lipinski definition) is 2.